The minimum absolute atomic E-state index is 0.0526. The summed E-state index contributed by atoms with van der Waals surface area (Å²) in [6.07, 6.45) is 1.19. The third-order valence-corrected chi connectivity index (χ3v) is 4.05. The average Bonchev–Trinajstić information content (AvgIpc) is 2.95. The van der Waals surface area contributed by atoms with E-state index in [-0.39, 0.29) is 17.2 Å². The molecule has 0 radical (unpaired) electrons. The van der Waals surface area contributed by atoms with Gasteiger partial charge in [0, 0.05) is 12.6 Å². The van der Waals surface area contributed by atoms with Crippen molar-refractivity contribution in [2.24, 2.45) is 0 Å². The number of carboxylic acid groups (broad SMARTS) is 1. The van der Waals surface area contributed by atoms with Crippen molar-refractivity contribution in [1.82, 2.24) is 9.88 Å². The lowest BCUT2D eigenvalue weighted by Crippen LogP contribution is -2.30. The van der Waals surface area contributed by atoms with E-state index in [1.54, 1.807) is 0 Å². The van der Waals surface area contributed by atoms with Gasteiger partial charge in [-0.2, -0.15) is 0 Å². The molecule has 2 rings (SSSR count). The third kappa shape index (κ3) is 4.68. The van der Waals surface area contributed by atoms with Gasteiger partial charge in [0.1, 0.15) is 6.26 Å². The van der Waals surface area contributed by atoms with Crippen LogP contribution in [0.25, 0.3) is 0 Å². The first-order chi connectivity index (χ1) is 11.2. The Balaban J connectivity index is 2.09. The summed E-state index contributed by atoms with van der Waals surface area (Å²) in [6.45, 7) is 12.0. The Hall–Kier alpha value is -2.14. The number of carboxylic acids is 1. The minimum atomic E-state index is -1.07. The highest BCUT2D eigenvalue weighted by Crippen LogP contribution is 2.23. The van der Waals surface area contributed by atoms with E-state index in [0.29, 0.717) is 12.4 Å². The number of hydrogen-bond acceptors (Lipinski definition) is 4. The molecule has 1 aromatic heterocycles. The highest BCUT2D eigenvalue weighted by molar-refractivity contribution is 5.84. The average molecular weight is 330 g/mol. The molecular weight excluding hydrogens is 304 g/mol. The fourth-order valence-electron chi connectivity index (χ4n) is 2.42. The Bertz CT molecular complexity index is 681. The molecule has 0 unspecified atom stereocenters. The predicted octanol–water partition coefficient (Wildman–Crippen LogP) is 4.08. The molecule has 24 heavy (non-hydrogen) atoms. The molecule has 5 nitrogen and oxygen atoms in total. The summed E-state index contributed by atoms with van der Waals surface area (Å²) in [5, 5.41) is 8.93. The highest BCUT2D eigenvalue weighted by atomic mass is 16.4. The number of rotatable bonds is 6. The molecule has 0 spiro atoms. The minimum Gasteiger partial charge on any atom is -0.476 e. The van der Waals surface area contributed by atoms with Crippen molar-refractivity contribution in [2.75, 3.05) is 0 Å². The van der Waals surface area contributed by atoms with E-state index in [1.165, 1.54) is 17.4 Å². The van der Waals surface area contributed by atoms with Crippen LogP contribution >= 0.6 is 0 Å². The molecule has 0 aliphatic rings. The number of benzene rings is 1. The van der Waals surface area contributed by atoms with Gasteiger partial charge in [-0.3, -0.25) is 4.90 Å². The lowest BCUT2D eigenvalue weighted by Gasteiger charge is -2.25. The summed E-state index contributed by atoms with van der Waals surface area (Å²) in [6, 6.07) is 8.92. The fraction of sp³-hybridized carbons (Fsp3) is 0.474. The first-order valence-corrected chi connectivity index (χ1v) is 8.18. The first kappa shape index (κ1) is 18.2. The van der Waals surface area contributed by atoms with Crippen LogP contribution in [0, 0.1) is 0 Å². The van der Waals surface area contributed by atoms with Crippen LogP contribution in [0.1, 0.15) is 62.1 Å². The van der Waals surface area contributed by atoms with E-state index in [9.17, 15) is 4.79 Å². The standard InChI is InChI=1S/C19H26N2O3/c1-13(2)21(11-17-20-16(12-24-17)18(22)23)10-14-6-8-15(9-7-14)19(3,4)5/h6-9,12-13H,10-11H2,1-5H3,(H,22,23). The van der Waals surface area contributed by atoms with Crippen LogP contribution in [-0.2, 0) is 18.5 Å². The SMILES string of the molecule is CC(C)N(Cc1ccc(C(C)(C)C)cc1)Cc1nc(C(=O)O)co1. The van der Waals surface area contributed by atoms with Gasteiger partial charge in [-0.1, -0.05) is 45.0 Å². The van der Waals surface area contributed by atoms with E-state index >= 15 is 0 Å². The molecule has 0 bridgehead atoms. The maximum atomic E-state index is 10.9. The van der Waals surface area contributed by atoms with Gasteiger partial charge in [-0.25, -0.2) is 9.78 Å². The third-order valence-electron chi connectivity index (χ3n) is 4.05. The van der Waals surface area contributed by atoms with Crippen molar-refractivity contribution < 1.29 is 14.3 Å². The Morgan fingerprint density at radius 3 is 2.29 bits per heavy atom. The molecule has 0 aliphatic carbocycles. The fourth-order valence-corrected chi connectivity index (χ4v) is 2.42. The number of hydrogen-bond donors (Lipinski definition) is 1. The van der Waals surface area contributed by atoms with Crippen LogP contribution < -0.4 is 0 Å². The van der Waals surface area contributed by atoms with Crippen LogP contribution in [0.15, 0.2) is 34.9 Å². The van der Waals surface area contributed by atoms with Crippen molar-refractivity contribution in [3.05, 3.63) is 53.2 Å². The number of carbonyl (C=O) groups is 1. The smallest absolute Gasteiger partial charge is 0.357 e. The number of aromatic carboxylic acids is 1. The molecule has 0 amide bonds. The summed E-state index contributed by atoms with van der Waals surface area (Å²) in [5.74, 6) is -0.647. The normalized spacial score (nSPS) is 12.1. The summed E-state index contributed by atoms with van der Waals surface area (Å²) in [5.41, 5.74) is 2.60. The molecule has 0 saturated heterocycles. The molecule has 0 saturated carbocycles. The molecular formula is C19H26N2O3. The van der Waals surface area contributed by atoms with Crippen molar-refractivity contribution >= 4 is 5.97 Å². The zero-order valence-electron chi connectivity index (χ0n) is 15.0. The molecule has 0 aliphatic heterocycles. The Morgan fingerprint density at radius 2 is 1.83 bits per heavy atom. The van der Waals surface area contributed by atoms with E-state index in [1.807, 2.05) is 0 Å². The summed E-state index contributed by atoms with van der Waals surface area (Å²) < 4.78 is 5.27. The largest absolute Gasteiger partial charge is 0.476 e. The monoisotopic (exact) mass is 330 g/mol. The summed E-state index contributed by atoms with van der Waals surface area (Å²) in [4.78, 5) is 17.1. The van der Waals surface area contributed by atoms with Crippen LogP contribution in [0.3, 0.4) is 0 Å². The quantitative estimate of drug-likeness (QED) is 0.864. The molecule has 0 atom stereocenters. The maximum absolute atomic E-state index is 10.9. The summed E-state index contributed by atoms with van der Waals surface area (Å²) >= 11 is 0. The van der Waals surface area contributed by atoms with Gasteiger partial charge in [0.05, 0.1) is 6.54 Å². The van der Waals surface area contributed by atoms with Gasteiger partial charge in [0.2, 0.25) is 5.89 Å². The number of aromatic nitrogens is 1. The van der Waals surface area contributed by atoms with Crippen LogP contribution in [0.4, 0.5) is 0 Å². The van der Waals surface area contributed by atoms with Gasteiger partial charge >= 0.3 is 5.97 Å². The van der Waals surface area contributed by atoms with Crippen molar-refractivity contribution in [2.45, 2.75) is 59.2 Å². The van der Waals surface area contributed by atoms with E-state index < -0.39 is 5.97 Å². The van der Waals surface area contributed by atoms with Gasteiger partial charge < -0.3 is 9.52 Å². The van der Waals surface area contributed by atoms with Gasteiger partial charge in [0.15, 0.2) is 5.69 Å². The van der Waals surface area contributed by atoms with E-state index in [2.05, 4.69) is 68.8 Å². The van der Waals surface area contributed by atoms with Gasteiger partial charge in [-0.05, 0) is 30.4 Å². The molecule has 0 fully saturated rings. The zero-order chi connectivity index (χ0) is 17.9. The molecule has 1 N–H and O–H groups in total. The number of nitrogens with zero attached hydrogens (tertiary/aromatic N) is 2. The van der Waals surface area contributed by atoms with Crippen LogP contribution in [0.5, 0.6) is 0 Å². The van der Waals surface area contributed by atoms with E-state index in [0.717, 1.165) is 6.54 Å². The predicted molar refractivity (Wildman–Crippen MR) is 93.0 cm³/mol. The van der Waals surface area contributed by atoms with Crippen LogP contribution in [-0.4, -0.2) is 27.0 Å². The van der Waals surface area contributed by atoms with Crippen LogP contribution in [0.2, 0.25) is 0 Å². The molecule has 2 aromatic rings. The lowest BCUT2D eigenvalue weighted by atomic mass is 9.87. The maximum Gasteiger partial charge on any atom is 0.357 e. The Kier molecular flexibility index (Phi) is 5.44. The molecule has 1 heterocycles. The highest BCUT2D eigenvalue weighted by Gasteiger charge is 2.17. The second kappa shape index (κ2) is 7.18. The number of oxazole rings is 1. The molecule has 1 aromatic carbocycles. The molecule has 5 heteroatoms. The summed E-state index contributed by atoms with van der Waals surface area (Å²) in [7, 11) is 0. The Labute approximate surface area is 143 Å². The van der Waals surface area contributed by atoms with Crippen molar-refractivity contribution in [3.8, 4) is 0 Å². The second-order valence-corrected chi connectivity index (χ2v) is 7.38. The van der Waals surface area contributed by atoms with Gasteiger partial charge in [-0.15, -0.1) is 0 Å². The van der Waals surface area contributed by atoms with E-state index in [4.69, 9.17) is 9.52 Å². The first-order valence-electron chi connectivity index (χ1n) is 8.18. The lowest BCUT2D eigenvalue weighted by molar-refractivity contribution is 0.0690. The van der Waals surface area contributed by atoms with Crippen molar-refractivity contribution in [1.29, 1.82) is 0 Å². The van der Waals surface area contributed by atoms with Crippen molar-refractivity contribution in [3.63, 3.8) is 0 Å². The van der Waals surface area contributed by atoms with Gasteiger partial charge in [0.25, 0.3) is 0 Å². The zero-order valence-corrected chi connectivity index (χ0v) is 15.0. The molecule has 130 valence electrons. The second-order valence-electron chi connectivity index (χ2n) is 7.38. The Morgan fingerprint density at radius 1 is 1.21 bits per heavy atom. The topological polar surface area (TPSA) is 66.6 Å².